The first-order valence-electron chi connectivity index (χ1n) is 7.85. The van der Waals surface area contributed by atoms with Crippen molar-refractivity contribution in [2.45, 2.75) is 19.4 Å². The van der Waals surface area contributed by atoms with Gasteiger partial charge in [-0.25, -0.2) is 0 Å². The van der Waals surface area contributed by atoms with Gasteiger partial charge in [-0.15, -0.1) is 16.4 Å². The first-order chi connectivity index (χ1) is 12.0. The van der Waals surface area contributed by atoms with Crippen molar-refractivity contribution in [3.05, 3.63) is 40.0 Å². The monoisotopic (exact) mass is 356 g/mol. The van der Waals surface area contributed by atoms with Crippen LogP contribution < -0.4 is 16.4 Å². The molecule has 0 unspecified atom stereocenters. The molecule has 4 rings (SSSR count). The number of fused-ring (bicyclic) bond motifs is 3. The Bertz CT molecular complexity index is 992. The third kappa shape index (κ3) is 2.72. The maximum absolute atomic E-state index is 12.6. The number of carbonyl (C=O) groups excluding carboxylic acids is 2. The number of aromatic amines is 1. The summed E-state index contributed by atoms with van der Waals surface area (Å²) in [5.74, 6) is 0.381. The molecule has 0 bridgehead atoms. The minimum absolute atomic E-state index is 0.0371. The minimum Gasteiger partial charge on any atom is -0.367 e. The number of hydrogen-bond acceptors (Lipinski definition) is 6. The van der Waals surface area contributed by atoms with Gasteiger partial charge in [-0.1, -0.05) is 0 Å². The lowest BCUT2D eigenvalue weighted by Gasteiger charge is -2.13. The van der Waals surface area contributed by atoms with Crippen molar-refractivity contribution in [1.82, 2.24) is 25.8 Å². The van der Waals surface area contributed by atoms with E-state index < -0.39 is 0 Å². The van der Waals surface area contributed by atoms with Gasteiger partial charge in [0.1, 0.15) is 5.82 Å². The van der Waals surface area contributed by atoms with Crippen molar-refractivity contribution in [2.75, 3.05) is 12.3 Å². The Labute approximate surface area is 146 Å². The molecule has 0 aliphatic carbocycles. The Morgan fingerprint density at radius 3 is 3.04 bits per heavy atom. The minimum atomic E-state index is -0.352. The molecule has 1 aliphatic rings. The van der Waals surface area contributed by atoms with Crippen molar-refractivity contribution in [2.24, 2.45) is 0 Å². The number of hydrogen-bond donors (Lipinski definition) is 4. The number of nitrogens with one attached hydrogen (secondary N) is 3. The van der Waals surface area contributed by atoms with E-state index in [1.807, 2.05) is 12.1 Å². The van der Waals surface area contributed by atoms with E-state index in [0.29, 0.717) is 17.9 Å². The predicted octanol–water partition coefficient (Wildman–Crippen LogP) is 1.38. The van der Waals surface area contributed by atoms with E-state index in [-0.39, 0.29) is 23.8 Å². The molecule has 3 aromatic rings. The number of nitrogens with zero attached hydrogens (tertiary/aromatic N) is 2. The molecule has 9 heteroatoms. The predicted molar refractivity (Wildman–Crippen MR) is 94.5 cm³/mol. The number of anilines is 1. The van der Waals surface area contributed by atoms with Gasteiger partial charge >= 0.3 is 0 Å². The van der Waals surface area contributed by atoms with Gasteiger partial charge in [0.05, 0.1) is 10.9 Å². The fraction of sp³-hybridized carbons (Fsp3) is 0.250. The summed E-state index contributed by atoms with van der Waals surface area (Å²) >= 11 is 1.46. The molecule has 0 fully saturated rings. The van der Waals surface area contributed by atoms with Crippen LogP contribution in [0.5, 0.6) is 0 Å². The second kappa shape index (κ2) is 5.85. The van der Waals surface area contributed by atoms with Crippen LogP contribution in [0.15, 0.2) is 18.2 Å². The van der Waals surface area contributed by atoms with Gasteiger partial charge in [-0.3, -0.25) is 14.7 Å². The molecule has 0 radical (unpaired) electrons. The van der Waals surface area contributed by atoms with Crippen LogP contribution in [-0.2, 0) is 6.42 Å². The van der Waals surface area contributed by atoms with Gasteiger partial charge in [0.15, 0.2) is 0 Å². The van der Waals surface area contributed by atoms with Crippen molar-refractivity contribution in [1.29, 1.82) is 0 Å². The van der Waals surface area contributed by atoms with E-state index in [2.05, 4.69) is 25.8 Å². The average Bonchev–Trinajstić information content (AvgIpc) is 3.19. The summed E-state index contributed by atoms with van der Waals surface area (Å²) in [6.07, 6.45) is 0.778. The Kier molecular flexibility index (Phi) is 3.65. The number of nitrogen functional groups attached to an aromatic ring is 1. The number of carbonyl (C=O) groups is 2. The molecule has 25 heavy (non-hydrogen) atoms. The zero-order valence-electron chi connectivity index (χ0n) is 13.4. The molecule has 8 nitrogen and oxygen atoms in total. The van der Waals surface area contributed by atoms with E-state index >= 15 is 0 Å². The van der Waals surface area contributed by atoms with Crippen LogP contribution in [-0.4, -0.2) is 33.5 Å². The highest BCUT2D eigenvalue weighted by Crippen LogP contribution is 2.34. The van der Waals surface area contributed by atoms with Crippen molar-refractivity contribution in [3.63, 3.8) is 0 Å². The van der Waals surface area contributed by atoms with Gasteiger partial charge in [-0.05, 0) is 42.5 Å². The van der Waals surface area contributed by atoms with Crippen molar-refractivity contribution >= 4 is 39.2 Å². The van der Waals surface area contributed by atoms with Crippen molar-refractivity contribution in [3.8, 4) is 0 Å². The van der Waals surface area contributed by atoms with Crippen LogP contribution >= 0.6 is 11.3 Å². The molecule has 5 N–H and O–H groups in total. The van der Waals surface area contributed by atoms with Crippen LogP contribution in [0.2, 0.25) is 0 Å². The lowest BCUT2D eigenvalue weighted by atomic mass is 10.0. The molecule has 1 atom stereocenters. The van der Waals surface area contributed by atoms with E-state index in [0.717, 1.165) is 26.9 Å². The molecule has 1 aromatic carbocycles. The Morgan fingerprint density at radius 2 is 2.28 bits per heavy atom. The van der Waals surface area contributed by atoms with Gasteiger partial charge in [-0.2, -0.15) is 4.98 Å². The SMILES string of the molecule is C[C@H](NC(=O)c1ccc2sc3c(c2c1)CCNC3=O)c1nc(N)n[nH]1. The smallest absolute Gasteiger partial charge is 0.261 e. The van der Waals surface area contributed by atoms with Gasteiger partial charge in [0.25, 0.3) is 11.8 Å². The molecular weight excluding hydrogens is 340 g/mol. The number of thiophene rings is 1. The maximum Gasteiger partial charge on any atom is 0.261 e. The normalized spacial score (nSPS) is 14.8. The fourth-order valence-corrected chi connectivity index (χ4v) is 4.08. The lowest BCUT2D eigenvalue weighted by Crippen LogP contribution is -2.30. The zero-order valence-corrected chi connectivity index (χ0v) is 14.2. The number of H-pyrrole nitrogens is 1. The Balaban J connectivity index is 1.62. The van der Waals surface area contributed by atoms with E-state index in [4.69, 9.17) is 5.73 Å². The van der Waals surface area contributed by atoms with E-state index in [1.165, 1.54) is 11.3 Å². The third-order valence-corrected chi connectivity index (χ3v) is 5.41. The van der Waals surface area contributed by atoms with Crippen LogP contribution in [0, 0.1) is 0 Å². The second-order valence-electron chi connectivity index (χ2n) is 5.90. The molecule has 0 saturated carbocycles. The fourth-order valence-electron chi connectivity index (χ4n) is 2.93. The molecule has 2 aromatic heterocycles. The standard InChI is InChI=1S/C16H16N6O2S/c1-7(13-20-16(17)22-21-13)19-14(23)8-2-3-11-10(6-8)9-4-5-18-15(24)12(9)25-11/h2-3,6-7H,4-5H2,1H3,(H,18,24)(H,19,23)(H3,17,20,21,22)/t7-/m0/s1. The largest absolute Gasteiger partial charge is 0.367 e. The number of aromatic nitrogens is 3. The highest BCUT2D eigenvalue weighted by molar-refractivity contribution is 7.21. The number of rotatable bonds is 3. The summed E-state index contributed by atoms with van der Waals surface area (Å²) < 4.78 is 1.01. The summed E-state index contributed by atoms with van der Waals surface area (Å²) in [5, 5.41) is 13.1. The number of benzene rings is 1. The first-order valence-corrected chi connectivity index (χ1v) is 8.67. The first kappa shape index (κ1) is 15.6. The molecule has 1 aliphatic heterocycles. The summed E-state index contributed by atoms with van der Waals surface area (Å²) in [7, 11) is 0. The average molecular weight is 356 g/mol. The summed E-state index contributed by atoms with van der Waals surface area (Å²) in [4.78, 5) is 29.3. The highest BCUT2D eigenvalue weighted by atomic mass is 32.1. The molecule has 128 valence electrons. The summed E-state index contributed by atoms with van der Waals surface area (Å²) in [6.45, 7) is 2.42. The van der Waals surface area contributed by atoms with Gasteiger partial charge < -0.3 is 16.4 Å². The molecule has 0 saturated heterocycles. The zero-order chi connectivity index (χ0) is 17.6. The van der Waals surface area contributed by atoms with Crippen LogP contribution in [0.1, 0.15) is 44.4 Å². The highest BCUT2D eigenvalue weighted by Gasteiger charge is 2.23. The van der Waals surface area contributed by atoms with E-state index in [1.54, 1.807) is 13.0 Å². The third-order valence-electron chi connectivity index (χ3n) is 4.20. The van der Waals surface area contributed by atoms with Gasteiger partial charge in [0.2, 0.25) is 5.95 Å². The Hall–Kier alpha value is -2.94. The second-order valence-corrected chi connectivity index (χ2v) is 6.95. The van der Waals surface area contributed by atoms with Crippen LogP contribution in [0.3, 0.4) is 0 Å². The Morgan fingerprint density at radius 1 is 1.44 bits per heavy atom. The van der Waals surface area contributed by atoms with E-state index in [9.17, 15) is 9.59 Å². The van der Waals surface area contributed by atoms with Gasteiger partial charge in [0, 0.05) is 16.8 Å². The quantitative estimate of drug-likeness (QED) is 0.564. The maximum atomic E-state index is 12.6. The topological polar surface area (TPSA) is 126 Å². The number of amides is 2. The number of nitrogens with two attached hydrogens (primary N) is 1. The van der Waals surface area contributed by atoms with Crippen LogP contribution in [0.25, 0.3) is 10.1 Å². The van der Waals surface area contributed by atoms with Crippen molar-refractivity contribution < 1.29 is 9.59 Å². The van der Waals surface area contributed by atoms with Crippen LogP contribution in [0.4, 0.5) is 5.95 Å². The lowest BCUT2D eigenvalue weighted by molar-refractivity contribution is 0.0934. The summed E-state index contributed by atoms with van der Waals surface area (Å²) in [6, 6.07) is 5.15. The molecule has 0 spiro atoms. The molecule has 2 amide bonds. The summed E-state index contributed by atoms with van der Waals surface area (Å²) in [5.41, 5.74) is 7.05. The molecule has 3 heterocycles. The molecular formula is C16H16N6O2S.